The SMILES string of the molecule is CC(C)(C)[Si](C)(C)OCC[C@H](NC(=O)c1cccc([N+](=O)[O-])c1)C(N)=O. The molecule has 1 aromatic carbocycles. The summed E-state index contributed by atoms with van der Waals surface area (Å²) in [5, 5.41) is 13.4. The summed E-state index contributed by atoms with van der Waals surface area (Å²) in [6.07, 6.45) is 0.239. The highest BCUT2D eigenvalue weighted by Crippen LogP contribution is 2.36. The molecule has 3 N–H and O–H groups in total. The average Bonchev–Trinajstić information content (AvgIpc) is 2.52. The van der Waals surface area contributed by atoms with Crippen molar-refractivity contribution >= 4 is 25.8 Å². The van der Waals surface area contributed by atoms with Gasteiger partial charge in [0, 0.05) is 24.3 Å². The second kappa shape index (κ2) is 8.41. The minimum atomic E-state index is -1.97. The molecule has 0 aliphatic carbocycles. The zero-order chi connectivity index (χ0) is 20.1. The minimum Gasteiger partial charge on any atom is -0.417 e. The lowest BCUT2D eigenvalue weighted by atomic mass is 10.1. The van der Waals surface area contributed by atoms with Crippen molar-refractivity contribution in [3.05, 3.63) is 39.9 Å². The summed E-state index contributed by atoms with van der Waals surface area (Å²) < 4.78 is 6.00. The van der Waals surface area contributed by atoms with Crippen molar-refractivity contribution in [1.29, 1.82) is 0 Å². The number of carbonyl (C=O) groups is 2. The van der Waals surface area contributed by atoms with E-state index in [1.165, 1.54) is 18.2 Å². The fraction of sp³-hybridized carbons (Fsp3) is 0.529. The molecule has 0 saturated heterocycles. The molecular weight excluding hydrogens is 354 g/mol. The van der Waals surface area contributed by atoms with Gasteiger partial charge in [-0.1, -0.05) is 26.8 Å². The molecule has 0 aliphatic heterocycles. The fourth-order valence-corrected chi connectivity index (χ4v) is 3.00. The number of nitrogens with one attached hydrogen (secondary N) is 1. The van der Waals surface area contributed by atoms with Gasteiger partial charge in [-0.25, -0.2) is 0 Å². The lowest BCUT2D eigenvalue weighted by molar-refractivity contribution is -0.384. The van der Waals surface area contributed by atoms with E-state index >= 15 is 0 Å². The molecule has 1 atom stereocenters. The lowest BCUT2D eigenvalue weighted by Gasteiger charge is -2.36. The number of hydrogen-bond donors (Lipinski definition) is 2. The first-order chi connectivity index (χ1) is 11.8. The van der Waals surface area contributed by atoms with E-state index in [9.17, 15) is 19.7 Å². The van der Waals surface area contributed by atoms with E-state index in [-0.39, 0.29) is 22.7 Å². The van der Waals surface area contributed by atoms with Gasteiger partial charge in [-0.3, -0.25) is 19.7 Å². The number of nitrogens with zero attached hydrogens (tertiary/aromatic N) is 1. The molecule has 0 saturated carbocycles. The molecule has 0 aromatic heterocycles. The number of amides is 2. The van der Waals surface area contributed by atoms with E-state index < -0.39 is 31.1 Å². The van der Waals surface area contributed by atoms with E-state index in [4.69, 9.17) is 10.2 Å². The number of carbonyl (C=O) groups excluding carboxylic acids is 2. The third kappa shape index (κ3) is 5.92. The highest BCUT2D eigenvalue weighted by Gasteiger charge is 2.37. The van der Waals surface area contributed by atoms with Crippen LogP contribution < -0.4 is 11.1 Å². The molecule has 0 fully saturated rings. The van der Waals surface area contributed by atoms with Crippen molar-refractivity contribution in [2.45, 2.75) is 51.4 Å². The second-order valence-electron chi connectivity index (χ2n) is 7.63. The fourth-order valence-electron chi connectivity index (χ4n) is 1.94. The number of nitro benzene ring substituents is 1. The smallest absolute Gasteiger partial charge is 0.270 e. The minimum absolute atomic E-state index is 0.0292. The molecule has 1 rings (SSSR count). The Hall–Kier alpha value is -2.26. The van der Waals surface area contributed by atoms with Crippen LogP contribution in [0.25, 0.3) is 0 Å². The number of non-ortho nitro benzene ring substituents is 1. The van der Waals surface area contributed by atoms with Gasteiger partial charge in [0.2, 0.25) is 5.91 Å². The molecule has 1 aromatic rings. The van der Waals surface area contributed by atoms with Crippen molar-refractivity contribution in [3.63, 3.8) is 0 Å². The molecule has 0 unspecified atom stereocenters. The van der Waals surface area contributed by atoms with Crippen molar-refractivity contribution in [2.24, 2.45) is 5.73 Å². The third-order valence-corrected chi connectivity index (χ3v) is 9.18. The Morgan fingerprint density at radius 2 is 1.96 bits per heavy atom. The maximum Gasteiger partial charge on any atom is 0.270 e. The van der Waals surface area contributed by atoms with E-state index in [0.717, 1.165) is 6.07 Å². The van der Waals surface area contributed by atoms with E-state index in [0.29, 0.717) is 6.61 Å². The van der Waals surface area contributed by atoms with Gasteiger partial charge in [0.05, 0.1) is 4.92 Å². The van der Waals surface area contributed by atoms with Gasteiger partial charge < -0.3 is 15.5 Å². The maximum absolute atomic E-state index is 12.3. The number of primary amides is 1. The first-order valence-corrected chi connectivity index (χ1v) is 11.2. The summed E-state index contributed by atoms with van der Waals surface area (Å²) in [7, 11) is -1.97. The highest BCUT2D eigenvalue weighted by molar-refractivity contribution is 6.74. The monoisotopic (exact) mass is 381 g/mol. The van der Waals surface area contributed by atoms with Gasteiger partial charge in [-0.15, -0.1) is 0 Å². The lowest BCUT2D eigenvalue weighted by Crippen LogP contribution is -2.47. The highest BCUT2D eigenvalue weighted by atomic mass is 28.4. The molecular formula is C17H27N3O5Si. The zero-order valence-electron chi connectivity index (χ0n) is 15.9. The van der Waals surface area contributed by atoms with Crippen LogP contribution in [0.4, 0.5) is 5.69 Å². The quantitative estimate of drug-likeness (QED) is 0.407. The maximum atomic E-state index is 12.3. The van der Waals surface area contributed by atoms with Crippen LogP contribution in [0.1, 0.15) is 37.6 Å². The number of nitrogens with two attached hydrogens (primary N) is 1. The van der Waals surface area contributed by atoms with Crippen LogP contribution in [0.5, 0.6) is 0 Å². The van der Waals surface area contributed by atoms with Crippen LogP contribution in [0.2, 0.25) is 18.1 Å². The Bertz CT molecular complexity index is 685. The topological polar surface area (TPSA) is 125 Å². The van der Waals surface area contributed by atoms with E-state index in [1.54, 1.807) is 0 Å². The number of hydrogen-bond acceptors (Lipinski definition) is 5. The van der Waals surface area contributed by atoms with Crippen LogP contribution >= 0.6 is 0 Å². The molecule has 8 nitrogen and oxygen atoms in total. The molecule has 0 aliphatic rings. The van der Waals surface area contributed by atoms with E-state index in [2.05, 4.69) is 39.2 Å². The van der Waals surface area contributed by atoms with Gasteiger partial charge in [0.25, 0.3) is 11.6 Å². The summed E-state index contributed by atoms with van der Waals surface area (Å²) in [5.74, 6) is -1.27. The second-order valence-corrected chi connectivity index (χ2v) is 12.4. The van der Waals surface area contributed by atoms with Gasteiger partial charge in [0.15, 0.2) is 8.32 Å². The Kier molecular flexibility index (Phi) is 7.05. The normalized spacial score (nSPS) is 13.1. The zero-order valence-corrected chi connectivity index (χ0v) is 16.9. The average molecular weight is 382 g/mol. The molecule has 0 heterocycles. The van der Waals surface area contributed by atoms with Crippen molar-refractivity contribution < 1.29 is 18.9 Å². The summed E-state index contributed by atoms with van der Waals surface area (Å²) in [6.45, 7) is 10.8. The predicted molar refractivity (Wildman–Crippen MR) is 101 cm³/mol. The van der Waals surface area contributed by atoms with Crippen LogP contribution in [0, 0.1) is 10.1 Å². The van der Waals surface area contributed by atoms with Gasteiger partial charge in [0.1, 0.15) is 6.04 Å². The van der Waals surface area contributed by atoms with Gasteiger partial charge in [-0.05, 0) is 30.6 Å². The van der Waals surface area contributed by atoms with Crippen LogP contribution in [0.15, 0.2) is 24.3 Å². The molecule has 144 valence electrons. The Balaban J connectivity index is 2.74. The summed E-state index contributed by atoms with van der Waals surface area (Å²) in [5.41, 5.74) is 5.26. The molecule has 2 amide bonds. The number of nitro groups is 1. The number of rotatable bonds is 8. The molecule has 0 spiro atoms. The Morgan fingerprint density at radius 3 is 2.46 bits per heavy atom. The summed E-state index contributed by atoms with van der Waals surface area (Å²) >= 11 is 0. The van der Waals surface area contributed by atoms with Crippen LogP contribution in [-0.4, -0.2) is 37.7 Å². The van der Waals surface area contributed by atoms with Gasteiger partial charge in [-0.2, -0.15) is 0 Å². The largest absolute Gasteiger partial charge is 0.417 e. The molecule has 0 radical (unpaired) electrons. The first-order valence-electron chi connectivity index (χ1n) is 8.34. The predicted octanol–water partition coefficient (Wildman–Crippen LogP) is 2.59. The van der Waals surface area contributed by atoms with Crippen LogP contribution in [0.3, 0.4) is 0 Å². The van der Waals surface area contributed by atoms with Crippen molar-refractivity contribution in [3.8, 4) is 0 Å². The Labute approximate surface area is 154 Å². The van der Waals surface area contributed by atoms with Gasteiger partial charge >= 0.3 is 0 Å². The molecule has 0 bridgehead atoms. The first kappa shape index (κ1) is 21.8. The third-order valence-electron chi connectivity index (χ3n) is 4.64. The van der Waals surface area contributed by atoms with Crippen molar-refractivity contribution in [2.75, 3.05) is 6.61 Å². The Morgan fingerprint density at radius 1 is 1.35 bits per heavy atom. The van der Waals surface area contributed by atoms with E-state index in [1.807, 2.05) is 0 Å². The molecule has 26 heavy (non-hydrogen) atoms. The summed E-state index contributed by atoms with van der Waals surface area (Å²) in [4.78, 5) is 34.2. The van der Waals surface area contributed by atoms with Crippen LogP contribution in [-0.2, 0) is 9.22 Å². The summed E-state index contributed by atoms with van der Waals surface area (Å²) in [6, 6.07) is 4.38. The van der Waals surface area contributed by atoms with Crippen molar-refractivity contribution in [1.82, 2.24) is 5.32 Å². The number of benzene rings is 1. The molecule has 9 heteroatoms. The standard InChI is InChI=1S/C17H27N3O5Si/c1-17(2,3)26(4,5)25-10-9-14(15(18)21)19-16(22)12-7-6-8-13(11-12)20(23)24/h6-8,11,14H,9-10H2,1-5H3,(H2,18,21)(H,19,22)/t14-/m0/s1.